The van der Waals surface area contributed by atoms with Crippen LogP contribution in [-0.2, 0) is 13.0 Å². The molecular formula is C18H26N4O. The van der Waals surface area contributed by atoms with E-state index >= 15 is 0 Å². The van der Waals surface area contributed by atoms with Crippen LogP contribution in [0, 0.1) is 12.8 Å². The molecule has 2 aromatic rings. The first kappa shape index (κ1) is 16.0. The second kappa shape index (κ2) is 6.30. The molecule has 0 saturated carbocycles. The Morgan fingerprint density at radius 1 is 1.22 bits per heavy atom. The minimum absolute atomic E-state index is 0.0463. The number of nitrogens with one attached hydrogen (secondary N) is 1. The standard InChI is InChI=1S/C18H26N4O/c1-11(2)13(4)20-18(23)14-10-12(3)19-17-16(14)21-15-8-6-5-7-9-22(15)17/h10-11,13H,5-9H2,1-4H3,(H,20,23). The number of carbonyl (C=O) groups excluding carboxylic acids is 1. The van der Waals surface area contributed by atoms with Crippen LogP contribution in [0.15, 0.2) is 6.07 Å². The van der Waals surface area contributed by atoms with Crippen LogP contribution in [0.5, 0.6) is 0 Å². The maximum absolute atomic E-state index is 12.7. The number of rotatable bonds is 3. The lowest BCUT2D eigenvalue weighted by Crippen LogP contribution is -2.36. The molecule has 0 aromatic carbocycles. The minimum Gasteiger partial charge on any atom is -0.349 e. The second-order valence-electron chi connectivity index (χ2n) is 6.98. The molecule has 0 saturated heterocycles. The van der Waals surface area contributed by atoms with Crippen molar-refractivity contribution in [3.05, 3.63) is 23.1 Å². The van der Waals surface area contributed by atoms with Gasteiger partial charge in [-0.1, -0.05) is 20.3 Å². The maximum Gasteiger partial charge on any atom is 0.253 e. The van der Waals surface area contributed by atoms with Gasteiger partial charge in [0.1, 0.15) is 11.3 Å². The van der Waals surface area contributed by atoms with E-state index < -0.39 is 0 Å². The Kier molecular flexibility index (Phi) is 4.37. The molecule has 1 unspecified atom stereocenters. The van der Waals surface area contributed by atoms with Gasteiger partial charge in [-0.15, -0.1) is 0 Å². The SMILES string of the molecule is Cc1cc(C(=O)NC(C)C(C)C)c2nc3n(c2n1)CCCCC3. The lowest BCUT2D eigenvalue weighted by molar-refractivity contribution is 0.0932. The van der Waals surface area contributed by atoms with Gasteiger partial charge in [0.2, 0.25) is 0 Å². The predicted octanol–water partition coefficient (Wildman–Crippen LogP) is 3.24. The summed E-state index contributed by atoms with van der Waals surface area (Å²) < 4.78 is 2.21. The third-order valence-electron chi connectivity index (χ3n) is 4.80. The minimum atomic E-state index is -0.0463. The average molecular weight is 314 g/mol. The molecular weight excluding hydrogens is 288 g/mol. The first-order chi connectivity index (χ1) is 11.0. The Morgan fingerprint density at radius 3 is 2.74 bits per heavy atom. The summed E-state index contributed by atoms with van der Waals surface area (Å²) >= 11 is 0. The Balaban J connectivity index is 2.05. The summed E-state index contributed by atoms with van der Waals surface area (Å²) in [6.45, 7) is 9.15. The van der Waals surface area contributed by atoms with Crippen molar-refractivity contribution >= 4 is 17.1 Å². The van der Waals surface area contributed by atoms with Crippen LogP contribution in [0.4, 0.5) is 0 Å². The molecule has 1 aliphatic rings. The predicted molar refractivity (Wildman–Crippen MR) is 91.6 cm³/mol. The van der Waals surface area contributed by atoms with Crippen LogP contribution in [0.2, 0.25) is 0 Å². The number of hydrogen-bond donors (Lipinski definition) is 1. The molecule has 1 amide bonds. The summed E-state index contributed by atoms with van der Waals surface area (Å²) in [6, 6.07) is 1.99. The second-order valence-corrected chi connectivity index (χ2v) is 6.98. The molecule has 2 aromatic heterocycles. The summed E-state index contributed by atoms with van der Waals surface area (Å²) in [4.78, 5) is 22.2. The van der Waals surface area contributed by atoms with E-state index in [9.17, 15) is 4.79 Å². The summed E-state index contributed by atoms with van der Waals surface area (Å²) in [5.41, 5.74) is 3.14. The fourth-order valence-corrected chi connectivity index (χ4v) is 3.04. The van der Waals surface area contributed by atoms with Gasteiger partial charge in [-0.2, -0.15) is 0 Å². The largest absolute Gasteiger partial charge is 0.349 e. The molecule has 0 aliphatic carbocycles. The van der Waals surface area contributed by atoms with Crippen molar-refractivity contribution in [1.82, 2.24) is 19.9 Å². The first-order valence-corrected chi connectivity index (χ1v) is 8.65. The number of aromatic nitrogens is 3. The average Bonchev–Trinajstić information content (AvgIpc) is 2.69. The zero-order valence-electron chi connectivity index (χ0n) is 14.5. The lowest BCUT2D eigenvalue weighted by atomic mass is 10.1. The van der Waals surface area contributed by atoms with Gasteiger partial charge < -0.3 is 9.88 Å². The number of imidazole rings is 1. The van der Waals surface area contributed by atoms with Gasteiger partial charge in [-0.25, -0.2) is 9.97 Å². The van der Waals surface area contributed by atoms with Gasteiger partial charge in [0, 0.05) is 24.7 Å². The molecule has 1 N–H and O–H groups in total. The number of nitrogens with zero attached hydrogens (tertiary/aromatic N) is 3. The molecule has 0 spiro atoms. The Bertz CT molecular complexity index is 732. The highest BCUT2D eigenvalue weighted by Crippen LogP contribution is 2.24. The highest BCUT2D eigenvalue weighted by Gasteiger charge is 2.22. The molecule has 0 fully saturated rings. The fourth-order valence-electron chi connectivity index (χ4n) is 3.04. The number of fused-ring (bicyclic) bond motifs is 3. The molecule has 5 heteroatoms. The molecule has 124 valence electrons. The van der Waals surface area contributed by atoms with Crippen LogP contribution in [0.1, 0.15) is 61.9 Å². The van der Waals surface area contributed by atoms with Crippen LogP contribution >= 0.6 is 0 Å². The first-order valence-electron chi connectivity index (χ1n) is 8.65. The number of amides is 1. The molecule has 1 atom stereocenters. The molecule has 0 radical (unpaired) electrons. The van der Waals surface area contributed by atoms with Crippen LogP contribution in [-0.4, -0.2) is 26.5 Å². The van der Waals surface area contributed by atoms with Crippen molar-refractivity contribution in [2.24, 2.45) is 5.92 Å². The number of pyridine rings is 1. The van der Waals surface area contributed by atoms with E-state index in [1.807, 2.05) is 19.9 Å². The summed E-state index contributed by atoms with van der Waals surface area (Å²) in [5, 5.41) is 3.09. The van der Waals surface area contributed by atoms with Crippen LogP contribution in [0.3, 0.4) is 0 Å². The van der Waals surface area contributed by atoms with Gasteiger partial charge in [0.15, 0.2) is 5.65 Å². The van der Waals surface area contributed by atoms with E-state index in [0.29, 0.717) is 11.5 Å². The van der Waals surface area contributed by atoms with Gasteiger partial charge in [0.25, 0.3) is 5.91 Å². The lowest BCUT2D eigenvalue weighted by Gasteiger charge is -2.17. The van der Waals surface area contributed by atoms with Crippen molar-refractivity contribution in [3.63, 3.8) is 0 Å². The fraction of sp³-hybridized carbons (Fsp3) is 0.611. The van der Waals surface area contributed by atoms with Crippen molar-refractivity contribution in [1.29, 1.82) is 0 Å². The van der Waals surface area contributed by atoms with Crippen molar-refractivity contribution in [2.75, 3.05) is 0 Å². The van der Waals surface area contributed by atoms with E-state index in [1.54, 1.807) is 0 Å². The van der Waals surface area contributed by atoms with Gasteiger partial charge in [-0.05, 0) is 38.7 Å². The topological polar surface area (TPSA) is 59.8 Å². The zero-order valence-corrected chi connectivity index (χ0v) is 14.5. The molecule has 5 nitrogen and oxygen atoms in total. The Labute approximate surface area is 137 Å². The monoisotopic (exact) mass is 314 g/mol. The summed E-state index contributed by atoms with van der Waals surface area (Å²) in [6.07, 6.45) is 4.52. The van der Waals surface area contributed by atoms with Gasteiger partial charge in [0.05, 0.1) is 5.56 Å². The number of hydrogen-bond acceptors (Lipinski definition) is 3. The van der Waals surface area contributed by atoms with Crippen LogP contribution in [0.25, 0.3) is 11.2 Å². The van der Waals surface area contributed by atoms with Gasteiger partial charge >= 0.3 is 0 Å². The Morgan fingerprint density at radius 2 is 2.00 bits per heavy atom. The summed E-state index contributed by atoms with van der Waals surface area (Å²) in [7, 11) is 0. The quantitative estimate of drug-likeness (QED) is 0.946. The van der Waals surface area contributed by atoms with Crippen LogP contribution < -0.4 is 5.32 Å². The smallest absolute Gasteiger partial charge is 0.253 e. The molecule has 1 aliphatic heterocycles. The van der Waals surface area contributed by atoms with Gasteiger partial charge in [-0.3, -0.25) is 4.79 Å². The third-order valence-corrected chi connectivity index (χ3v) is 4.80. The highest BCUT2D eigenvalue weighted by atomic mass is 16.1. The normalized spacial score (nSPS) is 16.2. The highest BCUT2D eigenvalue weighted by molar-refractivity contribution is 6.04. The Hall–Kier alpha value is -1.91. The third kappa shape index (κ3) is 3.09. The summed E-state index contributed by atoms with van der Waals surface area (Å²) in [5.74, 6) is 1.42. The zero-order chi connectivity index (χ0) is 16.6. The van der Waals surface area contributed by atoms with Crippen molar-refractivity contribution in [2.45, 2.75) is 66.0 Å². The van der Waals surface area contributed by atoms with E-state index in [-0.39, 0.29) is 11.9 Å². The van der Waals surface area contributed by atoms with E-state index in [1.165, 1.54) is 6.42 Å². The molecule has 3 heterocycles. The maximum atomic E-state index is 12.7. The van der Waals surface area contributed by atoms with E-state index in [0.717, 1.165) is 48.5 Å². The van der Waals surface area contributed by atoms with E-state index in [2.05, 4.69) is 28.7 Å². The van der Waals surface area contributed by atoms with E-state index in [4.69, 9.17) is 4.98 Å². The van der Waals surface area contributed by atoms with Crippen molar-refractivity contribution in [3.8, 4) is 0 Å². The number of aryl methyl sites for hydroxylation is 3. The molecule has 23 heavy (non-hydrogen) atoms. The van der Waals surface area contributed by atoms with Crippen molar-refractivity contribution < 1.29 is 4.79 Å². The number of carbonyl (C=O) groups is 1. The molecule has 0 bridgehead atoms. The molecule has 3 rings (SSSR count).